The minimum absolute atomic E-state index is 0.642. The second-order valence-electron chi connectivity index (χ2n) is 4.76. The summed E-state index contributed by atoms with van der Waals surface area (Å²) in [5.74, 6) is 7.83. The van der Waals surface area contributed by atoms with Crippen LogP contribution in [0.4, 0.5) is 11.6 Å². The summed E-state index contributed by atoms with van der Waals surface area (Å²) in [5.41, 5.74) is 3.63. The number of rotatable bonds is 7. The molecule has 0 unspecified atom stereocenters. The molecule has 0 aliphatic heterocycles. The van der Waals surface area contributed by atoms with Gasteiger partial charge in [-0.3, -0.25) is 4.98 Å². The van der Waals surface area contributed by atoms with E-state index in [0.29, 0.717) is 12.4 Å². The minimum atomic E-state index is 0.642. The number of aryl methyl sites for hydroxylation is 1. The van der Waals surface area contributed by atoms with Gasteiger partial charge in [-0.05, 0) is 25.5 Å². The number of anilines is 2. The van der Waals surface area contributed by atoms with Crippen molar-refractivity contribution in [1.82, 2.24) is 15.0 Å². The molecule has 0 fully saturated rings. The van der Waals surface area contributed by atoms with Crippen LogP contribution in [0.15, 0.2) is 30.5 Å². The highest BCUT2D eigenvalue weighted by molar-refractivity contribution is 5.49. The van der Waals surface area contributed by atoms with Crippen LogP contribution in [-0.2, 0) is 13.0 Å². The summed E-state index contributed by atoms with van der Waals surface area (Å²) in [6.45, 7) is 5.75. The molecule has 21 heavy (non-hydrogen) atoms. The lowest BCUT2D eigenvalue weighted by Gasteiger charge is -2.22. The molecule has 6 nitrogen and oxygen atoms in total. The Hall–Kier alpha value is -2.21. The summed E-state index contributed by atoms with van der Waals surface area (Å²) in [7, 11) is 0. The molecular formula is C15H22N6. The summed E-state index contributed by atoms with van der Waals surface area (Å²) >= 11 is 0. The molecular weight excluding hydrogens is 264 g/mol. The molecule has 112 valence electrons. The van der Waals surface area contributed by atoms with E-state index in [-0.39, 0.29) is 0 Å². The molecule has 2 heterocycles. The Bertz CT molecular complexity index is 557. The zero-order chi connectivity index (χ0) is 15.1. The third-order valence-corrected chi connectivity index (χ3v) is 3.17. The highest BCUT2D eigenvalue weighted by Gasteiger charge is 2.11. The molecule has 0 atom stereocenters. The molecule has 3 N–H and O–H groups in total. The summed E-state index contributed by atoms with van der Waals surface area (Å²) in [6, 6.07) is 7.79. The fraction of sp³-hybridized carbons (Fsp3) is 0.400. The molecule has 0 bridgehead atoms. The molecule has 0 saturated carbocycles. The lowest BCUT2D eigenvalue weighted by Crippen LogP contribution is -2.25. The van der Waals surface area contributed by atoms with E-state index < -0.39 is 0 Å². The molecule has 0 aromatic carbocycles. The monoisotopic (exact) mass is 286 g/mol. The third-order valence-electron chi connectivity index (χ3n) is 3.17. The van der Waals surface area contributed by atoms with Gasteiger partial charge in [-0.1, -0.05) is 13.0 Å². The topological polar surface area (TPSA) is 80.0 Å². The first-order chi connectivity index (χ1) is 10.3. The normalized spacial score (nSPS) is 10.4. The van der Waals surface area contributed by atoms with Crippen molar-refractivity contribution in [2.75, 3.05) is 16.9 Å². The quantitative estimate of drug-likeness (QED) is 0.599. The van der Waals surface area contributed by atoms with Gasteiger partial charge in [-0.25, -0.2) is 15.8 Å². The Balaban J connectivity index is 2.26. The molecule has 2 aromatic rings. The molecule has 2 rings (SSSR count). The van der Waals surface area contributed by atoms with E-state index in [1.54, 1.807) is 6.20 Å². The van der Waals surface area contributed by atoms with Crippen LogP contribution in [0, 0.1) is 0 Å². The summed E-state index contributed by atoms with van der Waals surface area (Å²) in [5, 5.41) is 0. The fourth-order valence-electron chi connectivity index (χ4n) is 2.10. The average Bonchev–Trinajstić information content (AvgIpc) is 2.53. The first kappa shape index (κ1) is 15.2. The Labute approximate surface area is 125 Å². The molecule has 0 amide bonds. The molecule has 0 spiro atoms. The Morgan fingerprint density at radius 1 is 1.24 bits per heavy atom. The van der Waals surface area contributed by atoms with Crippen LogP contribution in [-0.4, -0.2) is 21.5 Å². The number of nitrogen functional groups attached to an aromatic ring is 1. The van der Waals surface area contributed by atoms with Crippen molar-refractivity contribution in [1.29, 1.82) is 0 Å². The minimum Gasteiger partial charge on any atom is -0.351 e. The highest BCUT2D eigenvalue weighted by atomic mass is 15.3. The number of hydrazine groups is 1. The van der Waals surface area contributed by atoms with Crippen LogP contribution in [0.2, 0.25) is 0 Å². The van der Waals surface area contributed by atoms with E-state index in [1.165, 1.54) is 0 Å². The van der Waals surface area contributed by atoms with Gasteiger partial charge in [0.15, 0.2) is 0 Å². The largest absolute Gasteiger partial charge is 0.351 e. The number of nitrogens with zero attached hydrogens (tertiary/aromatic N) is 4. The first-order valence-electron chi connectivity index (χ1n) is 7.26. The summed E-state index contributed by atoms with van der Waals surface area (Å²) in [4.78, 5) is 15.5. The average molecular weight is 286 g/mol. The molecule has 0 aliphatic carbocycles. The van der Waals surface area contributed by atoms with Crippen LogP contribution in [0.25, 0.3) is 0 Å². The lowest BCUT2D eigenvalue weighted by atomic mass is 10.3. The maximum absolute atomic E-state index is 5.51. The fourth-order valence-corrected chi connectivity index (χ4v) is 2.10. The summed E-state index contributed by atoms with van der Waals surface area (Å²) in [6.07, 6.45) is 3.64. The van der Waals surface area contributed by atoms with Gasteiger partial charge in [-0.15, -0.1) is 0 Å². The highest BCUT2D eigenvalue weighted by Crippen LogP contribution is 2.18. The van der Waals surface area contributed by atoms with Crippen molar-refractivity contribution in [3.63, 3.8) is 0 Å². The molecule has 2 aromatic heterocycles. The standard InChI is InChI=1S/C15H22N6/c1-3-7-13-18-14(20-16)10-15(19-13)21(4-2)11-12-8-5-6-9-17-12/h5-6,8-10H,3-4,7,11,16H2,1-2H3,(H,18,19,20). The number of hydrogen-bond acceptors (Lipinski definition) is 6. The van der Waals surface area contributed by atoms with Gasteiger partial charge in [-0.2, -0.15) is 0 Å². The van der Waals surface area contributed by atoms with Crippen LogP contribution in [0.3, 0.4) is 0 Å². The molecule has 0 aliphatic rings. The number of pyridine rings is 1. The van der Waals surface area contributed by atoms with Crippen LogP contribution < -0.4 is 16.2 Å². The zero-order valence-corrected chi connectivity index (χ0v) is 12.6. The smallest absolute Gasteiger partial charge is 0.145 e. The van der Waals surface area contributed by atoms with Crippen LogP contribution in [0.1, 0.15) is 31.8 Å². The molecule has 0 radical (unpaired) electrons. The number of nitrogens with two attached hydrogens (primary N) is 1. The van der Waals surface area contributed by atoms with Gasteiger partial charge < -0.3 is 10.3 Å². The summed E-state index contributed by atoms with van der Waals surface area (Å²) < 4.78 is 0. The van der Waals surface area contributed by atoms with Gasteiger partial charge in [0, 0.05) is 25.2 Å². The van der Waals surface area contributed by atoms with Crippen molar-refractivity contribution in [2.24, 2.45) is 5.84 Å². The van der Waals surface area contributed by atoms with Gasteiger partial charge >= 0.3 is 0 Å². The number of hydrogen-bond donors (Lipinski definition) is 2. The van der Waals surface area contributed by atoms with E-state index in [0.717, 1.165) is 36.7 Å². The molecule has 6 heteroatoms. The van der Waals surface area contributed by atoms with Crippen LogP contribution >= 0.6 is 0 Å². The zero-order valence-electron chi connectivity index (χ0n) is 12.6. The van der Waals surface area contributed by atoms with E-state index >= 15 is 0 Å². The maximum Gasteiger partial charge on any atom is 0.145 e. The van der Waals surface area contributed by atoms with Gasteiger partial charge in [0.25, 0.3) is 0 Å². The second kappa shape index (κ2) is 7.54. The van der Waals surface area contributed by atoms with E-state index in [2.05, 4.69) is 39.1 Å². The predicted octanol–water partition coefficient (Wildman–Crippen LogP) is 2.14. The number of nitrogens with one attached hydrogen (secondary N) is 1. The second-order valence-corrected chi connectivity index (χ2v) is 4.76. The Morgan fingerprint density at radius 3 is 2.71 bits per heavy atom. The van der Waals surface area contributed by atoms with Crippen molar-refractivity contribution < 1.29 is 0 Å². The maximum atomic E-state index is 5.51. The third kappa shape index (κ3) is 4.13. The van der Waals surface area contributed by atoms with Crippen molar-refractivity contribution in [3.05, 3.63) is 42.0 Å². The van der Waals surface area contributed by atoms with Gasteiger partial charge in [0.1, 0.15) is 17.5 Å². The molecule has 0 saturated heterocycles. The van der Waals surface area contributed by atoms with Crippen molar-refractivity contribution >= 4 is 11.6 Å². The first-order valence-corrected chi connectivity index (χ1v) is 7.26. The number of aromatic nitrogens is 3. The Morgan fingerprint density at radius 2 is 2.10 bits per heavy atom. The van der Waals surface area contributed by atoms with Crippen molar-refractivity contribution in [2.45, 2.75) is 33.2 Å². The van der Waals surface area contributed by atoms with Crippen LogP contribution in [0.5, 0.6) is 0 Å². The lowest BCUT2D eigenvalue weighted by molar-refractivity contribution is 0.769. The van der Waals surface area contributed by atoms with Crippen molar-refractivity contribution in [3.8, 4) is 0 Å². The van der Waals surface area contributed by atoms with Gasteiger partial charge in [0.05, 0.1) is 12.2 Å². The predicted molar refractivity (Wildman–Crippen MR) is 84.8 cm³/mol. The SMILES string of the molecule is CCCc1nc(NN)cc(N(CC)Cc2ccccn2)n1. The Kier molecular flexibility index (Phi) is 5.45. The van der Waals surface area contributed by atoms with E-state index in [4.69, 9.17) is 5.84 Å². The van der Waals surface area contributed by atoms with E-state index in [1.807, 2.05) is 24.3 Å². The van der Waals surface area contributed by atoms with Gasteiger partial charge in [0.2, 0.25) is 0 Å². The van der Waals surface area contributed by atoms with E-state index in [9.17, 15) is 0 Å².